The zero-order valence-electron chi connectivity index (χ0n) is 12.9. The topological polar surface area (TPSA) is 92.2 Å². The monoisotopic (exact) mass is 334 g/mol. The number of hydrazine groups is 1. The van der Waals surface area contributed by atoms with Crippen molar-refractivity contribution in [2.75, 3.05) is 11.9 Å². The van der Waals surface area contributed by atoms with Gasteiger partial charge in [0.05, 0.1) is 6.54 Å². The van der Waals surface area contributed by atoms with E-state index in [0.29, 0.717) is 5.69 Å². The largest absolute Gasteiger partial charge is 0.376 e. The van der Waals surface area contributed by atoms with Gasteiger partial charge in [0.25, 0.3) is 11.8 Å². The summed E-state index contributed by atoms with van der Waals surface area (Å²) in [6.45, 7) is 3.63. The summed E-state index contributed by atoms with van der Waals surface area (Å²) in [5.41, 5.74) is 7.25. The third kappa shape index (κ3) is 4.96. The number of thiazole rings is 1. The van der Waals surface area contributed by atoms with Gasteiger partial charge >= 0.3 is 4.87 Å². The minimum absolute atomic E-state index is 0.0285. The summed E-state index contributed by atoms with van der Waals surface area (Å²) in [7, 11) is 0. The predicted octanol–water partition coefficient (Wildman–Crippen LogP) is 0.786. The van der Waals surface area contributed by atoms with Crippen molar-refractivity contribution in [3.63, 3.8) is 0 Å². The average Bonchev–Trinajstić information content (AvgIpc) is 2.84. The second-order valence-electron chi connectivity index (χ2n) is 5.05. The van der Waals surface area contributed by atoms with E-state index in [1.807, 2.05) is 31.2 Å². The van der Waals surface area contributed by atoms with Gasteiger partial charge in [-0.1, -0.05) is 29.0 Å². The van der Waals surface area contributed by atoms with Gasteiger partial charge in [-0.05, 0) is 26.0 Å². The molecule has 0 aliphatic rings. The van der Waals surface area contributed by atoms with E-state index in [-0.39, 0.29) is 23.9 Å². The Morgan fingerprint density at radius 3 is 2.35 bits per heavy atom. The Hall–Kier alpha value is -2.61. The van der Waals surface area contributed by atoms with Gasteiger partial charge in [-0.15, -0.1) is 0 Å². The first-order valence-electron chi connectivity index (χ1n) is 6.99. The first-order chi connectivity index (χ1) is 11.0. The van der Waals surface area contributed by atoms with Crippen LogP contribution in [0.2, 0.25) is 0 Å². The van der Waals surface area contributed by atoms with E-state index >= 15 is 0 Å². The van der Waals surface area contributed by atoms with Crippen molar-refractivity contribution >= 4 is 28.8 Å². The zero-order chi connectivity index (χ0) is 16.8. The first-order valence-corrected chi connectivity index (χ1v) is 7.87. The average molecular weight is 334 g/mol. The Balaban J connectivity index is 1.74. The summed E-state index contributed by atoms with van der Waals surface area (Å²) in [6.07, 6.45) is 0. The van der Waals surface area contributed by atoms with Gasteiger partial charge in [-0.3, -0.25) is 29.8 Å². The van der Waals surface area contributed by atoms with Crippen molar-refractivity contribution in [3.8, 4) is 0 Å². The highest BCUT2D eigenvalue weighted by molar-refractivity contribution is 7.07. The number of anilines is 1. The fourth-order valence-corrected chi connectivity index (χ4v) is 2.55. The molecule has 3 N–H and O–H groups in total. The third-order valence-corrected chi connectivity index (χ3v) is 4.01. The van der Waals surface area contributed by atoms with Crippen LogP contribution in [-0.4, -0.2) is 22.9 Å². The van der Waals surface area contributed by atoms with Crippen LogP contribution in [0.15, 0.2) is 34.4 Å². The lowest BCUT2D eigenvalue weighted by Crippen LogP contribution is -2.46. The molecule has 0 radical (unpaired) electrons. The van der Waals surface area contributed by atoms with Gasteiger partial charge in [0, 0.05) is 16.8 Å². The Morgan fingerprint density at radius 1 is 1.09 bits per heavy atom. The van der Waals surface area contributed by atoms with Crippen LogP contribution in [0.4, 0.5) is 5.69 Å². The molecule has 0 fully saturated rings. The molecule has 0 atom stereocenters. The van der Waals surface area contributed by atoms with Crippen molar-refractivity contribution in [2.45, 2.75) is 20.4 Å². The highest BCUT2D eigenvalue weighted by Gasteiger charge is 2.09. The van der Waals surface area contributed by atoms with Crippen molar-refractivity contribution in [2.24, 2.45) is 0 Å². The maximum absolute atomic E-state index is 11.7. The molecule has 1 aromatic heterocycles. The smallest absolute Gasteiger partial charge is 0.307 e. The van der Waals surface area contributed by atoms with Crippen LogP contribution < -0.4 is 21.0 Å². The molecule has 1 heterocycles. The summed E-state index contributed by atoms with van der Waals surface area (Å²) in [5.74, 6) is -0.842. The quantitative estimate of drug-likeness (QED) is 0.705. The van der Waals surface area contributed by atoms with Crippen molar-refractivity contribution < 1.29 is 9.59 Å². The number of hydrogen-bond acceptors (Lipinski definition) is 5. The SMILES string of the molecule is Cc1ccc(NCC(=O)NNC(=O)Cn2c(C)csc2=O)cc1. The third-order valence-electron chi connectivity index (χ3n) is 3.12. The molecular formula is C15H18N4O3S. The van der Waals surface area contributed by atoms with Gasteiger partial charge < -0.3 is 5.32 Å². The number of nitrogens with zero attached hydrogens (tertiary/aromatic N) is 1. The fraction of sp³-hybridized carbons (Fsp3) is 0.267. The molecule has 7 nitrogen and oxygen atoms in total. The molecule has 0 aliphatic heterocycles. The van der Waals surface area contributed by atoms with Gasteiger partial charge in [0.2, 0.25) is 0 Å². The molecule has 2 rings (SSSR count). The maximum atomic E-state index is 11.7. The van der Waals surface area contributed by atoms with Crippen molar-refractivity contribution in [3.05, 3.63) is 50.6 Å². The number of rotatable bonds is 5. The lowest BCUT2D eigenvalue weighted by atomic mass is 10.2. The van der Waals surface area contributed by atoms with Crippen LogP contribution in [0, 0.1) is 13.8 Å². The van der Waals surface area contributed by atoms with Crippen LogP contribution in [-0.2, 0) is 16.1 Å². The Kier molecular flexibility index (Phi) is 5.53. The number of carbonyl (C=O) groups excluding carboxylic acids is 2. The number of carbonyl (C=O) groups is 2. The molecule has 8 heteroatoms. The standard InChI is InChI=1S/C15H18N4O3S/c1-10-3-5-12(6-4-10)16-7-13(20)17-18-14(21)8-19-11(2)9-23-15(19)22/h3-6,9,16H,7-8H2,1-2H3,(H,17,20)(H,18,21). The molecule has 2 aromatic rings. The first kappa shape index (κ1) is 16.8. The normalized spacial score (nSPS) is 10.2. The highest BCUT2D eigenvalue weighted by Crippen LogP contribution is 2.07. The lowest BCUT2D eigenvalue weighted by Gasteiger charge is -2.10. The summed E-state index contributed by atoms with van der Waals surface area (Å²) < 4.78 is 1.34. The summed E-state index contributed by atoms with van der Waals surface area (Å²) in [5, 5.41) is 4.62. The van der Waals surface area contributed by atoms with Gasteiger partial charge in [-0.25, -0.2) is 0 Å². The zero-order valence-corrected chi connectivity index (χ0v) is 13.7. The molecule has 122 valence electrons. The summed E-state index contributed by atoms with van der Waals surface area (Å²) >= 11 is 1.03. The highest BCUT2D eigenvalue weighted by atomic mass is 32.1. The molecule has 0 unspecified atom stereocenters. The van der Waals surface area contributed by atoms with E-state index in [9.17, 15) is 14.4 Å². The molecule has 1 aromatic carbocycles. The van der Waals surface area contributed by atoms with Gasteiger partial charge in [0.1, 0.15) is 6.54 Å². The molecule has 0 saturated heterocycles. The minimum atomic E-state index is -0.461. The molecule has 23 heavy (non-hydrogen) atoms. The number of aromatic nitrogens is 1. The van der Waals surface area contributed by atoms with Gasteiger partial charge in [-0.2, -0.15) is 0 Å². The van der Waals surface area contributed by atoms with E-state index in [4.69, 9.17) is 0 Å². The number of nitrogens with one attached hydrogen (secondary N) is 3. The van der Waals surface area contributed by atoms with Crippen LogP contribution in [0.1, 0.15) is 11.3 Å². The van der Waals surface area contributed by atoms with Crippen LogP contribution in [0.25, 0.3) is 0 Å². The van der Waals surface area contributed by atoms with Gasteiger partial charge in [0.15, 0.2) is 0 Å². The molecular weight excluding hydrogens is 316 g/mol. The van der Waals surface area contributed by atoms with E-state index in [1.165, 1.54) is 4.57 Å². The molecule has 0 spiro atoms. The second-order valence-corrected chi connectivity index (χ2v) is 5.87. The van der Waals surface area contributed by atoms with Crippen LogP contribution >= 0.6 is 11.3 Å². The number of hydrogen-bond donors (Lipinski definition) is 3. The Morgan fingerprint density at radius 2 is 1.74 bits per heavy atom. The molecule has 0 bridgehead atoms. The van der Waals surface area contributed by atoms with Crippen molar-refractivity contribution in [1.29, 1.82) is 0 Å². The minimum Gasteiger partial charge on any atom is -0.376 e. The van der Waals surface area contributed by atoms with Crippen LogP contribution in [0.5, 0.6) is 0 Å². The maximum Gasteiger partial charge on any atom is 0.307 e. The summed E-state index contributed by atoms with van der Waals surface area (Å²) in [6, 6.07) is 7.60. The second kappa shape index (κ2) is 7.59. The Labute approximate surface area is 137 Å². The molecule has 2 amide bonds. The molecule has 0 saturated carbocycles. The number of amides is 2. The lowest BCUT2D eigenvalue weighted by molar-refractivity contribution is -0.128. The fourth-order valence-electron chi connectivity index (χ4n) is 1.82. The van der Waals surface area contributed by atoms with Crippen LogP contribution in [0.3, 0.4) is 0 Å². The Bertz CT molecular complexity index is 749. The van der Waals surface area contributed by atoms with Crippen molar-refractivity contribution in [1.82, 2.24) is 15.4 Å². The van der Waals surface area contributed by atoms with E-state index in [1.54, 1.807) is 12.3 Å². The number of aryl methyl sites for hydroxylation is 2. The number of benzene rings is 1. The summed E-state index contributed by atoms with van der Waals surface area (Å²) in [4.78, 5) is 34.7. The molecule has 0 aliphatic carbocycles. The van der Waals surface area contributed by atoms with E-state index in [2.05, 4.69) is 16.2 Å². The predicted molar refractivity (Wildman–Crippen MR) is 89.3 cm³/mol. The van der Waals surface area contributed by atoms with E-state index in [0.717, 1.165) is 22.6 Å². The van der Waals surface area contributed by atoms with E-state index < -0.39 is 5.91 Å².